The van der Waals surface area contributed by atoms with Gasteiger partial charge in [-0.1, -0.05) is 0 Å². The molecule has 0 bridgehead atoms. The van der Waals surface area contributed by atoms with Crippen molar-refractivity contribution in [3.8, 4) is 28.6 Å². The number of hydrogen-bond acceptors (Lipinski definition) is 3. The van der Waals surface area contributed by atoms with E-state index in [4.69, 9.17) is 9.47 Å². The molecule has 2 N–H and O–H groups in total. The summed E-state index contributed by atoms with van der Waals surface area (Å²) in [6.45, 7) is 4.22. The number of halogens is 1. The highest BCUT2D eigenvalue weighted by Crippen LogP contribution is 2.27. The fraction of sp³-hybridized carbons (Fsp3) is 0.125. The van der Waals surface area contributed by atoms with E-state index in [9.17, 15) is 0 Å². The van der Waals surface area contributed by atoms with Gasteiger partial charge in [0.2, 0.25) is 0 Å². The molecule has 0 unspecified atom stereocenters. The lowest BCUT2D eigenvalue weighted by Gasteiger charge is -2.06. The Bertz CT molecular complexity index is 1110. The fourth-order valence-electron chi connectivity index (χ4n) is 3.12. The lowest BCUT2D eigenvalue weighted by Crippen LogP contribution is -1.86. The van der Waals surface area contributed by atoms with E-state index in [-0.39, 0.29) is 12.4 Å². The van der Waals surface area contributed by atoms with Crippen LogP contribution < -0.4 is 9.47 Å². The van der Waals surface area contributed by atoms with Crippen LogP contribution in [-0.4, -0.2) is 23.3 Å². The topological polar surface area (TPSA) is 62.4 Å². The van der Waals surface area contributed by atoms with E-state index in [2.05, 4.69) is 34.9 Å². The van der Waals surface area contributed by atoms with Crippen LogP contribution in [0.15, 0.2) is 71.9 Å². The minimum atomic E-state index is 0. The Morgan fingerprint density at radius 2 is 1.47 bits per heavy atom. The number of ether oxygens (including phenoxy) is 2. The van der Waals surface area contributed by atoms with Crippen molar-refractivity contribution in [2.24, 2.45) is 4.99 Å². The Hall–Kier alpha value is -3.44. The molecule has 30 heavy (non-hydrogen) atoms. The van der Waals surface area contributed by atoms with Gasteiger partial charge in [0, 0.05) is 6.20 Å². The van der Waals surface area contributed by atoms with Gasteiger partial charge in [0.1, 0.15) is 17.2 Å². The summed E-state index contributed by atoms with van der Waals surface area (Å²) in [7, 11) is 1.64. The zero-order valence-corrected chi connectivity index (χ0v) is 17.9. The molecule has 0 aliphatic carbocycles. The maximum absolute atomic E-state index is 5.86. The molecular formula is C24H24ClN3O2. The standard InChI is InChI=1S/C24H23N3O2.ClH/c1-16-17(2)24(22-5-4-14-25-22)27-23(16)15-26-18-6-8-20(9-7-18)29-21-12-10-19(28-3)11-13-21;/h4-15,25,27H,1-3H3;1H. The minimum absolute atomic E-state index is 0. The number of aliphatic imine (C=N–C) groups is 1. The van der Waals surface area contributed by atoms with E-state index in [1.165, 1.54) is 11.1 Å². The summed E-state index contributed by atoms with van der Waals surface area (Å²) in [4.78, 5) is 11.3. The number of nitrogens with zero attached hydrogens (tertiary/aromatic N) is 1. The predicted octanol–water partition coefficient (Wildman–Crippen LogP) is 6.60. The molecule has 0 atom stereocenters. The van der Waals surface area contributed by atoms with Crippen LogP contribution >= 0.6 is 12.4 Å². The van der Waals surface area contributed by atoms with Gasteiger partial charge < -0.3 is 19.4 Å². The molecule has 0 amide bonds. The largest absolute Gasteiger partial charge is 0.497 e. The van der Waals surface area contributed by atoms with E-state index in [1.807, 2.05) is 67.0 Å². The van der Waals surface area contributed by atoms with Crippen molar-refractivity contribution in [3.05, 3.63) is 83.7 Å². The molecule has 6 heteroatoms. The van der Waals surface area contributed by atoms with Crippen LogP contribution in [0.5, 0.6) is 17.2 Å². The first-order chi connectivity index (χ1) is 14.1. The average Bonchev–Trinajstić information content (AvgIpc) is 3.38. The Morgan fingerprint density at radius 1 is 0.833 bits per heavy atom. The van der Waals surface area contributed by atoms with Crippen molar-refractivity contribution in [2.75, 3.05) is 7.11 Å². The molecule has 0 saturated carbocycles. The van der Waals surface area contributed by atoms with Crippen LogP contribution in [0, 0.1) is 13.8 Å². The molecule has 0 aliphatic heterocycles. The molecule has 154 valence electrons. The van der Waals surface area contributed by atoms with E-state index in [1.54, 1.807) is 7.11 Å². The predicted molar refractivity (Wildman–Crippen MR) is 124 cm³/mol. The monoisotopic (exact) mass is 421 g/mol. The summed E-state index contributed by atoms with van der Waals surface area (Å²) in [5, 5.41) is 0. The Morgan fingerprint density at radius 3 is 2.07 bits per heavy atom. The molecule has 0 saturated heterocycles. The molecular weight excluding hydrogens is 398 g/mol. The van der Waals surface area contributed by atoms with Crippen molar-refractivity contribution in [1.82, 2.24) is 9.97 Å². The van der Waals surface area contributed by atoms with Crippen LogP contribution in [0.2, 0.25) is 0 Å². The summed E-state index contributed by atoms with van der Waals surface area (Å²) in [6.07, 6.45) is 3.79. The van der Waals surface area contributed by atoms with Gasteiger partial charge in [-0.2, -0.15) is 0 Å². The summed E-state index contributed by atoms with van der Waals surface area (Å²) < 4.78 is 11.0. The lowest BCUT2D eigenvalue weighted by atomic mass is 10.1. The number of rotatable bonds is 6. The third-order valence-electron chi connectivity index (χ3n) is 4.94. The van der Waals surface area contributed by atoms with Gasteiger partial charge in [-0.3, -0.25) is 4.99 Å². The van der Waals surface area contributed by atoms with Crippen LogP contribution in [0.1, 0.15) is 16.8 Å². The van der Waals surface area contributed by atoms with Gasteiger partial charge >= 0.3 is 0 Å². The number of nitrogens with one attached hydrogen (secondary N) is 2. The number of hydrogen-bond donors (Lipinski definition) is 2. The average molecular weight is 422 g/mol. The van der Waals surface area contributed by atoms with Crippen molar-refractivity contribution in [1.29, 1.82) is 0 Å². The zero-order valence-electron chi connectivity index (χ0n) is 17.1. The van der Waals surface area contributed by atoms with Crippen molar-refractivity contribution in [2.45, 2.75) is 13.8 Å². The van der Waals surface area contributed by atoms with Gasteiger partial charge in [0.05, 0.1) is 36.1 Å². The molecule has 2 aromatic heterocycles. The molecule has 2 aromatic carbocycles. The Balaban J connectivity index is 0.00000256. The van der Waals surface area contributed by atoms with Gasteiger partial charge in [-0.05, 0) is 85.6 Å². The molecule has 5 nitrogen and oxygen atoms in total. The van der Waals surface area contributed by atoms with Crippen LogP contribution in [0.4, 0.5) is 5.69 Å². The van der Waals surface area contributed by atoms with Crippen molar-refractivity contribution >= 4 is 24.3 Å². The quantitative estimate of drug-likeness (QED) is 0.344. The van der Waals surface area contributed by atoms with Crippen molar-refractivity contribution in [3.63, 3.8) is 0 Å². The van der Waals surface area contributed by atoms with Gasteiger partial charge in [-0.15, -0.1) is 12.4 Å². The first-order valence-electron chi connectivity index (χ1n) is 9.43. The molecule has 0 aliphatic rings. The van der Waals surface area contributed by atoms with Crippen LogP contribution in [-0.2, 0) is 0 Å². The second-order valence-electron chi connectivity index (χ2n) is 6.78. The number of H-pyrrole nitrogens is 2. The summed E-state index contributed by atoms with van der Waals surface area (Å²) >= 11 is 0. The van der Waals surface area contributed by atoms with Crippen LogP contribution in [0.25, 0.3) is 11.4 Å². The molecule has 0 radical (unpaired) electrons. The first kappa shape index (κ1) is 21.3. The normalized spacial score (nSPS) is 10.8. The Labute approximate surface area is 182 Å². The first-order valence-corrected chi connectivity index (χ1v) is 9.43. The van der Waals surface area contributed by atoms with E-state index < -0.39 is 0 Å². The SMILES string of the molecule is COc1ccc(Oc2ccc(N=Cc3[nH]c(-c4ccc[nH]4)c(C)c3C)cc2)cc1.Cl. The van der Waals surface area contributed by atoms with E-state index >= 15 is 0 Å². The molecule has 0 fully saturated rings. The third kappa shape index (κ3) is 4.58. The van der Waals surface area contributed by atoms with Gasteiger partial charge in [0.25, 0.3) is 0 Å². The molecule has 4 aromatic rings. The lowest BCUT2D eigenvalue weighted by molar-refractivity contribution is 0.413. The smallest absolute Gasteiger partial charge is 0.127 e. The maximum atomic E-state index is 5.86. The summed E-state index contributed by atoms with van der Waals surface area (Å²) in [6, 6.07) is 19.2. The highest BCUT2D eigenvalue weighted by Gasteiger charge is 2.11. The number of methoxy groups -OCH3 is 1. The highest BCUT2D eigenvalue weighted by atomic mass is 35.5. The van der Waals surface area contributed by atoms with Crippen LogP contribution in [0.3, 0.4) is 0 Å². The highest BCUT2D eigenvalue weighted by molar-refractivity contribution is 5.85. The van der Waals surface area contributed by atoms with E-state index in [0.29, 0.717) is 0 Å². The van der Waals surface area contributed by atoms with E-state index in [0.717, 1.165) is 40.0 Å². The second-order valence-corrected chi connectivity index (χ2v) is 6.78. The minimum Gasteiger partial charge on any atom is -0.497 e. The third-order valence-corrected chi connectivity index (χ3v) is 4.94. The summed E-state index contributed by atoms with van der Waals surface area (Å²) in [5.41, 5.74) is 6.45. The Kier molecular flexibility index (Phi) is 6.65. The fourth-order valence-corrected chi connectivity index (χ4v) is 3.12. The van der Waals surface area contributed by atoms with Gasteiger partial charge in [-0.25, -0.2) is 0 Å². The number of aromatic nitrogens is 2. The molecule has 4 rings (SSSR count). The zero-order chi connectivity index (χ0) is 20.2. The summed E-state index contributed by atoms with van der Waals surface area (Å²) in [5.74, 6) is 2.32. The maximum Gasteiger partial charge on any atom is 0.127 e. The molecule has 2 heterocycles. The second kappa shape index (κ2) is 9.37. The number of benzene rings is 2. The molecule has 0 spiro atoms. The van der Waals surface area contributed by atoms with Crippen molar-refractivity contribution < 1.29 is 9.47 Å². The van der Waals surface area contributed by atoms with Gasteiger partial charge in [0.15, 0.2) is 0 Å². The number of aromatic amines is 2.